The lowest BCUT2D eigenvalue weighted by atomic mass is 9.77. The summed E-state index contributed by atoms with van der Waals surface area (Å²) in [4.78, 5) is 19.3. The van der Waals surface area contributed by atoms with Crippen molar-refractivity contribution in [2.45, 2.75) is 37.3 Å². The highest BCUT2D eigenvalue weighted by atomic mass is 32.1. The van der Waals surface area contributed by atoms with E-state index in [1.54, 1.807) is 18.4 Å². The largest absolute Gasteiger partial charge is 0.465 e. The second-order valence-corrected chi connectivity index (χ2v) is 12.3. The smallest absolute Gasteiger partial charge is 0.407 e. The van der Waals surface area contributed by atoms with Crippen molar-refractivity contribution in [1.29, 1.82) is 0 Å². The maximum absolute atomic E-state index is 12.1. The zero-order chi connectivity index (χ0) is 30.8. The standard InChI is InChI=1S/C35H37N5O3S/c1-24-23-29(31(41)30-32(44-33(36-2)38(30)3)25-19-21-39(22-20-25)34(42)43)37-40(24)35(26-13-7-4-8-14-26,27-15-9-5-10-16-27)28-17-11-6-12-18-28/h4-18,23,25,31,41H,19-22H2,1-3H3,(H,42,43). The summed E-state index contributed by atoms with van der Waals surface area (Å²) in [5.41, 5.74) is 4.61. The van der Waals surface area contributed by atoms with Gasteiger partial charge in [-0.1, -0.05) is 91.0 Å². The predicted molar refractivity (Wildman–Crippen MR) is 172 cm³/mol. The van der Waals surface area contributed by atoms with Gasteiger partial charge >= 0.3 is 6.09 Å². The van der Waals surface area contributed by atoms with Crippen LogP contribution in [0.1, 0.15) is 63.5 Å². The Labute approximate surface area is 261 Å². The maximum atomic E-state index is 12.1. The number of piperidine rings is 1. The number of benzene rings is 3. The Morgan fingerprint density at radius 1 is 0.932 bits per heavy atom. The van der Waals surface area contributed by atoms with Crippen molar-refractivity contribution < 1.29 is 15.0 Å². The topological polar surface area (TPSA) is 95.9 Å². The van der Waals surface area contributed by atoms with E-state index in [2.05, 4.69) is 41.4 Å². The number of carbonyl (C=O) groups is 1. The molecular formula is C35H37N5O3S. The zero-order valence-electron chi connectivity index (χ0n) is 25.2. The van der Waals surface area contributed by atoms with E-state index >= 15 is 0 Å². The van der Waals surface area contributed by atoms with Gasteiger partial charge < -0.3 is 19.7 Å². The summed E-state index contributed by atoms with van der Waals surface area (Å²) in [5.74, 6) is 0.127. The van der Waals surface area contributed by atoms with E-state index < -0.39 is 17.7 Å². The zero-order valence-corrected chi connectivity index (χ0v) is 26.0. The van der Waals surface area contributed by atoms with E-state index in [9.17, 15) is 15.0 Å². The lowest BCUT2D eigenvalue weighted by Crippen LogP contribution is -2.39. The highest BCUT2D eigenvalue weighted by molar-refractivity contribution is 7.09. The van der Waals surface area contributed by atoms with E-state index in [0.29, 0.717) is 31.6 Å². The average Bonchev–Trinajstić information content (AvgIpc) is 3.62. The third-order valence-electron chi connectivity index (χ3n) is 8.77. The summed E-state index contributed by atoms with van der Waals surface area (Å²) in [6, 6.07) is 33.1. The van der Waals surface area contributed by atoms with Crippen molar-refractivity contribution >= 4 is 17.4 Å². The third-order valence-corrected chi connectivity index (χ3v) is 10.2. The van der Waals surface area contributed by atoms with E-state index in [1.165, 1.54) is 4.90 Å². The molecule has 0 saturated carbocycles. The van der Waals surface area contributed by atoms with Crippen LogP contribution in [0.15, 0.2) is 102 Å². The Morgan fingerprint density at radius 3 is 1.89 bits per heavy atom. The molecule has 6 rings (SSSR count). The number of thiazole rings is 1. The van der Waals surface area contributed by atoms with Gasteiger partial charge in [-0.25, -0.2) is 9.48 Å². The molecule has 226 valence electrons. The molecule has 0 spiro atoms. The average molecular weight is 608 g/mol. The van der Waals surface area contributed by atoms with Gasteiger partial charge in [0, 0.05) is 37.8 Å². The maximum Gasteiger partial charge on any atom is 0.407 e. The Kier molecular flexibility index (Phi) is 8.25. The molecule has 8 nitrogen and oxygen atoms in total. The molecule has 2 N–H and O–H groups in total. The van der Waals surface area contributed by atoms with Gasteiger partial charge in [-0.15, -0.1) is 11.3 Å². The Balaban J connectivity index is 1.51. The highest BCUT2D eigenvalue weighted by Gasteiger charge is 2.41. The lowest BCUT2D eigenvalue weighted by molar-refractivity contribution is 0.131. The molecule has 2 aromatic heterocycles. The molecule has 3 heterocycles. The molecule has 1 aliphatic rings. The number of likely N-dealkylation sites (tertiary alicyclic amines) is 1. The predicted octanol–water partition coefficient (Wildman–Crippen LogP) is 5.90. The van der Waals surface area contributed by atoms with Crippen molar-refractivity contribution in [2.24, 2.45) is 12.0 Å². The van der Waals surface area contributed by atoms with Crippen LogP contribution in [0.3, 0.4) is 0 Å². The number of hydrogen-bond acceptors (Lipinski definition) is 5. The number of rotatable bonds is 7. The number of aromatic nitrogens is 3. The van der Waals surface area contributed by atoms with Crippen LogP contribution < -0.4 is 4.80 Å². The Morgan fingerprint density at radius 2 is 1.43 bits per heavy atom. The van der Waals surface area contributed by atoms with Crippen LogP contribution >= 0.6 is 11.3 Å². The van der Waals surface area contributed by atoms with Crippen molar-refractivity contribution in [2.75, 3.05) is 20.1 Å². The minimum absolute atomic E-state index is 0.127. The summed E-state index contributed by atoms with van der Waals surface area (Å²) in [6.07, 6.45) is -0.492. The van der Waals surface area contributed by atoms with Crippen molar-refractivity contribution in [3.63, 3.8) is 0 Å². The Hall–Kier alpha value is -4.47. The minimum Gasteiger partial charge on any atom is -0.465 e. The summed E-state index contributed by atoms with van der Waals surface area (Å²) in [6.45, 7) is 2.98. The normalized spacial score (nSPS) is 15.5. The molecule has 1 unspecified atom stereocenters. The van der Waals surface area contributed by atoms with Gasteiger partial charge in [0.1, 0.15) is 11.6 Å². The number of carboxylic acid groups (broad SMARTS) is 1. The van der Waals surface area contributed by atoms with Crippen molar-refractivity contribution in [1.82, 2.24) is 19.2 Å². The van der Waals surface area contributed by atoms with Gasteiger partial charge in [-0.05, 0) is 48.4 Å². The first-order valence-electron chi connectivity index (χ1n) is 14.9. The number of nitrogens with zero attached hydrogens (tertiary/aromatic N) is 5. The number of hydrogen-bond donors (Lipinski definition) is 2. The van der Waals surface area contributed by atoms with Crippen molar-refractivity contribution in [3.05, 3.63) is 141 Å². The van der Waals surface area contributed by atoms with Gasteiger partial charge in [0.15, 0.2) is 4.80 Å². The third kappa shape index (κ3) is 5.06. The molecule has 1 atom stereocenters. The first-order chi connectivity index (χ1) is 21.4. The van der Waals surface area contributed by atoms with E-state index in [0.717, 1.165) is 37.8 Å². The van der Waals surface area contributed by atoms with Crippen LogP contribution in [0, 0.1) is 6.92 Å². The molecule has 1 amide bonds. The molecular weight excluding hydrogens is 570 g/mol. The van der Waals surface area contributed by atoms with Crippen LogP contribution in [0.25, 0.3) is 0 Å². The number of aryl methyl sites for hydroxylation is 1. The molecule has 1 aliphatic heterocycles. The molecule has 0 aliphatic carbocycles. The van der Waals surface area contributed by atoms with E-state index in [-0.39, 0.29) is 5.92 Å². The van der Waals surface area contributed by atoms with Crippen LogP contribution in [0.5, 0.6) is 0 Å². The second-order valence-electron chi connectivity index (χ2n) is 11.3. The Bertz CT molecular complexity index is 1710. The van der Waals surface area contributed by atoms with Gasteiger partial charge in [0.05, 0.1) is 11.4 Å². The van der Waals surface area contributed by atoms with Crippen molar-refractivity contribution in [3.8, 4) is 0 Å². The first kappa shape index (κ1) is 29.6. The monoisotopic (exact) mass is 607 g/mol. The van der Waals surface area contributed by atoms with Crippen LogP contribution in [0.4, 0.5) is 4.79 Å². The summed E-state index contributed by atoms with van der Waals surface area (Å²) < 4.78 is 4.01. The molecule has 9 heteroatoms. The van der Waals surface area contributed by atoms with Gasteiger partial charge in [-0.2, -0.15) is 5.10 Å². The molecule has 3 aromatic carbocycles. The summed E-state index contributed by atoms with van der Waals surface area (Å²) in [7, 11) is 3.69. The minimum atomic E-state index is -1.00. The fourth-order valence-corrected chi connectivity index (χ4v) is 7.92. The van der Waals surface area contributed by atoms with Crippen LogP contribution in [-0.4, -0.2) is 55.7 Å². The van der Waals surface area contributed by atoms with E-state index in [4.69, 9.17) is 5.10 Å². The quantitative estimate of drug-likeness (QED) is 0.225. The lowest BCUT2D eigenvalue weighted by Gasteiger charge is -2.37. The molecule has 1 fully saturated rings. The van der Waals surface area contributed by atoms with Gasteiger partial charge in [0.25, 0.3) is 0 Å². The molecule has 5 aromatic rings. The molecule has 0 bridgehead atoms. The summed E-state index contributed by atoms with van der Waals surface area (Å²) >= 11 is 1.57. The fraction of sp³-hybridized carbons (Fsp3) is 0.286. The molecule has 44 heavy (non-hydrogen) atoms. The van der Waals surface area contributed by atoms with Gasteiger partial charge in [0.2, 0.25) is 0 Å². The first-order valence-corrected chi connectivity index (χ1v) is 15.7. The van der Waals surface area contributed by atoms with Crippen LogP contribution in [-0.2, 0) is 12.6 Å². The van der Waals surface area contributed by atoms with E-state index in [1.807, 2.05) is 83.9 Å². The second kappa shape index (κ2) is 12.3. The number of aliphatic hydroxyl groups excluding tert-OH is 1. The highest BCUT2D eigenvalue weighted by Crippen LogP contribution is 2.42. The SMILES string of the molecule is CN=c1sc(C2CCN(C(=O)O)CC2)c(C(O)c2cc(C)n(C(c3ccccc3)(c3ccccc3)c3ccccc3)n2)n1C. The number of aliphatic hydroxyl groups is 1. The molecule has 0 radical (unpaired) electrons. The molecule has 1 saturated heterocycles. The summed E-state index contributed by atoms with van der Waals surface area (Å²) in [5, 5.41) is 26.8. The number of amides is 1. The van der Waals surface area contributed by atoms with Crippen LogP contribution in [0.2, 0.25) is 0 Å². The van der Waals surface area contributed by atoms with Gasteiger partial charge in [-0.3, -0.25) is 4.99 Å². The fourth-order valence-electron chi connectivity index (χ4n) is 6.64.